The molecule has 104 valence electrons. The number of rotatable bonds is 3. The van der Waals surface area contributed by atoms with Gasteiger partial charge in [-0.3, -0.25) is 9.78 Å². The normalized spacial score (nSPS) is 18.8. The summed E-state index contributed by atoms with van der Waals surface area (Å²) in [7, 11) is 1.60. The first-order valence-electron chi connectivity index (χ1n) is 6.57. The van der Waals surface area contributed by atoms with Crippen molar-refractivity contribution in [1.29, 1.82) is 0 Å². The molecule has 5 nitrogen and oxygen atoms in total. The van der Waals surface area contributed by atoms with Gasteiger partial charge in [0.05, 0.1) is 12.8 Å². The second-order valence-corrected chi connectivity index (χ2v) is 4.94. The quantitative estimate of drug-likeness (QED) is 0.921. The number of amides is 1. The SMILES string of the molecule is COc1ccc(N2CC(CO)CC2=O)c2cccnc12. The van der Waals surface area contributed by atoms with E-state index in [9.17, 15) is 9.90 Å². The number of carbonyl (C=O) groups is 1. The van der Waals surface area contributed by atoms with E-state index in [1.165, 1.54) is 0 Å². The van der Waals surface area contributed by atoms with E-state index in [0.29, 0.717) is 18.7 Å². The molecule has 0 saturated carbocycles. The third-order valence-corrected chi connectivity index (χ3v) is 3.68. The molecule has 1 aromatic carbocycles. The average molecular weight is 272 g/mol. The molecule has 1 aliphatic rings. The Hall–Kier alpha value is -2.14. The first kappa shape index (κ1) is 12.9. The van der Waals surface area contributed by atoms with Crippen LogP contribution in [0.5, 0.6) is 5.75 Å². The van der Waals surface area contributed by atoms with Crippen molar-refractivity contribution in [3.63, 3.8) is 0 Å². The molecule has 2 aromatic rings. The van der Waals surface area contributed by atoms with Gasteiger partial charge in [-0.05, 0) is 24.3 Å². The van der Waals surface area contributed by atoms with Crippen LogP contribution < -0.4 is 9.64 Å². The molecule has 0 spiro atoms. The number of aliphatic hydroxyl groups excluding tert-OH is 1. The van der Waals surface area contributed by atoms with E-state index in [1.807, 2.05) is 24.3 Å². The topological polar surface area (TPSA) is 62.7 Å². The lowest BCUT2D eigenvalue weighted by molar-refractivity contribution is -0.117. The summed E-state index contributed by atoms with van der Waals surface area (Å²) in [5.41, 5.74) is 1.57. The van der Waals surface area contributed by atoms with Gasteiger partial charge in [0.25, 0.3) is 0 Å². The Balaban J connectivity index is 2.11. The molecule has 1 amide bonds. The molecule has 1 unspecified atom stereocenters. The summed E-state index contributed by atoms with van der Waals surface area (Å²) in [6.45, 7) is 0.584. The Labute approximate surface area is 116 Å². The zero-order valence-corrected chi connectivity index (χ0v) is 11.2. The van der Waals surface area contributed by atoms with Crippen molar-refractivity contribution < 1.29 is 14.6 Å². The fourth-order valence-corrected chi connectivity index (χ4v) is 2.67. The molecule has 3 rings (SSSR count). The highest BCUT2D eigenvalue weighted by molar-refractivity contribution is 6.05. The third-order valence-electron chi connectivity index (χ3n) is 3.68. The van der Waals surface area contributed by atoms with Gasteiger partial charge in [0, 0.05) is 37.1 Å². The number of aliphatic hydroxyl groups is 1. The molecule has 1 saturated heterocycles. The Bertz CT molecular complexity index is 657. The summed E-state index contributed by atoms with van der Waals surface area (Å²) in [6, 6.07) is 7.47. The molecule has 0 aliphatic carbocycles. The fraction of sp³-hybridized carbons (Fsp3) is 0.333. The van der Waals surface area contributed by atoms with E-state index in [-0.39, 0.29) is 18.4 Å². The minimum absolute atomic E-state index is 0.0105. The van der Waals surface area contributed by atoms with Crippen molar-refractivity contribution in [2.75, 3.05) is 25.2 Å². The fourth-order valence-electron chi connectivity index (χ4n) is 2.67. The number of hydrogen-bond donors (Lipinski definition) is 1. The van der Waals surface area contributed by atoms with Crippen LogP contribution in [0.1, 0.15) is 6.42 Å². The Morgan fingerprint density at radius 2 is 2.30 bits per heavy atom. The lowest BCUT2D eigenvalue weighted by Gasteiger charge is -2.19. The molecule has 1 fully saturated rings. The summed E-state index contributed by atoms with van der Waals surface area (Å²) in [4.78, 5) is 18.2. The Kier molecular flexibility index (Phi) is 3.28. The number of pyridine rings is 1. The zero-order chi connectivity index (χ0) is 14.1. The lowest BCUT2D eigenvalue weighted by Crippen LogP contribution is -2.25. The largest absolute Gasteiger partial charge is 0.494 e. The Morgan fingerprint density at radius 3 is 3.00 bits per heavy atom. The first-order valence-corrected chi connectivity index (χ1v) is 6.57. The third kappa shape index (κ3) is 2.00. The van der Waals surface area contributed by atoms with Crippen molar-refractivity contribution in [3.8, 4) is 5.75 Å². The number of hydrogen-bond acceptors (Lipinski definition) is 4. The molecular formula is C15H16N2O3. The molecule has 0 radical (unpaired) electrons. The smallest absolute Gasteiger partial charge is 0.227 e. The van der Waals surface area contributed by atoms with Gasteiger partial charge in [0.1, 0.15) is 11.3 Å². The van der Waals surface area contributed by atoms with Crippen molar-refractivity contribution in [3.05, 3.63) is 30.5 Å². The second kappa shape index (κ2) is 5.09. The van der Waals surface area contributed by atoms with Gasteiger partial charge in [0.15, 0.2) is 0 Å². The number of fused-ring (bicyclic) bond motifs is 1. The van der Waals surface area contributed by atoms with Gasteiger partial charge in [-0.15, -0.1) is 0 Å². The maximum absolute atomic E-state index is 12.1. The molecular weight excluding hydrogens is 256 g/mol. The minimum Gasteiger partial charge on any atom is -0.494 e. The molecule has 20 heavy (non-hydrogen) atoms. The van der Waals surface area contributed by atoms with Crippen LogP contribution in [0.25, 0.3) is 10.9 Å². The predicted octanol–water partition coefficient (Wildman–Crippen LogP) is 1.59. The number of aromatic nitrogens is 1. The standard InChI is InChI=1S/C15H16N2O3/c1-20-13-5-4-12(11-3-2-6-16-15(11)13)17-8-10(9-18)7-14(17)19/h2-6,10,18H,7-9H2,1H3. The summed E-state index contributed by atoms with van der Waals surface area (Å²) < 4.78 is 5.31. The van der Waals surface area contributed by atoms with Crippen molar-refractivity contribution in [1.82, 2.24) is 4.98 Å². The maximum Gasteiger partial charge on any atom is 0.227 e. The van der Waals surface area contributed by atoms with Crippen LogP contribution in [0, 0.1) is 5.92 Å². The first-order chi connectivity index (χ1) is 9.74. The van der Waals surface area contributed by atoms with Crippen LogP contribution >= 0.6 is 0 Å². The van der Waals surface area contributed by atoms with Gasteiger partial charge in [-0.1, -0.05) is 0 Å². The predicted molar refractivity (Wildman–Crippen MR) is 75.8 cm³/mol. The summed E-state index contributed by atoms with van der Waals surface area (Å²) >= 11 is 0. The Morgan fingerprint density at radius 1 is 1.45 bits per heavy atom. The lowest BCUT2D eigenvalue weighted by atomic mass is 10.1. The van der Waals surface area contributed by atoms with Gasteiger partial charge < -0.3 is 14.7 Å². The highest BCUT2D eigenvalue weighted by Gasteiger charge is 2.31. The average Bonchev–Trinajstić information content (AvgIpc) is 2.87. The number of methoxy groups -OCH3 is 1. The highest BCUT2D eigenvalue weighted by atomic mass is 16.5. The molecule has 1 N–H and O–H groups in total. The van der Waals surface area contributed by atoms with Crippen LogP contribution in [0.3, 0.4) is 0 Å². The minimum atomic E-state index is 0.0105. The zero-order valence-electron chi connectivity index (χ0n) is 11.2. The van der Waals surface area contributed by atoms with Gasteiger partial charge >= 0.3 is 0 Å². The van der Waals surface area contributed by atoms with Crippen molar-refractivity contribution >= 4 is 22.5 Å². The number of benzene rings is 1. The van der Waals surface area contributed by atoms with E-state index >= 15 is 0 Å². The molecule has 1 aromatic heterocycles. The van der Waals surface area contributed by atoms with Crippen LogP contribution in [0.4, 0.5) is 5.69 Å². The molecule has 2 heterocycles. The molecule has 5 heteroatoms. The number of carbonyl (C=O) groups excluding carboxylic acids is 1. The molecule has 1 aliphatic heterocycles. The van der Waals surface area contributed by atoms with E-state index in [4.69, 9.17) is 4.74 Å². The number of ether oxygens (including phenoxy) is 1. The summed E-state index contributed by atoms with van der Waals surface area (Å²) in [6.07, 6.45) is 2.10. The second-order valence-electron chi connectivity index (χ2n) is 4.94. The van der Waals surface area contributed by atoms with Crippen LogP contribution in [-0.4, -0.2) is 36.3 Å². The van der Waals surface area contributed by atoms with Crippen molar-refractivity contribution in [2.24, 2.45) is 5.92 Å². The van der Waals surface area contributed by atoms with Gasteiger partial charge in [0.2, 0.25) is 5.91 Å². The van der Waals surface area contributed by atoms with E-state index in [0.717, 1.165) is 16.6 Å². The van der Waals surface area contributed by atoms with Crippen LogP contribution in [-0.2, 0) is 4.79 Å². The van der Waals surface area contributed by atoms with Gasteiger partial charge in [-0.25, -0.2) is 0 Å². The summed E-state index contributed by atoms with van der Waals surface area (Å²) in [5, 5.41) is 10.1. The van der Waals surface area contributed by atoms with E-state index < -0.39 is 0 Å². The van der Waals surface area contributed by atoms with Crippen LogP contribution in [0.15, 0.2) is 30.5 Å². The van der Waals surface area contributed by atoms with E-state index in [2.05, 4.69) is 4.98 Å². The number of nitrogens with zero attached hydrogens (tertiary/aromatic N) is 2. The number of anilines is 1. The van der Waals surface area contributed by atoms with E-state index in [1.54, 1.807) is 18.2 Å². The molecule has 1 atom stereocenters. The molecule has 0 bridgehead atoms. The van der Waals surface area contributed by atoms with Crippen molar-refractivity contribution in [2.45, 2.75) is 6.42 Å². The maximum atomic E-state index is 12.1. The highest BCUT2D eigenvalue weighted by Crippen LogP contribution is 2.35. The van der Waals surface area contributed by atoms with Crippen LogP contribution in [0.2, 0.25) is 0 Å². The summed E-state index contributed by atoms with van der Waals surface area (Å²) in [5.74, 6) is 0.741. The monoisotopic (exact) mass is 272 g/mol. The van der Waals surface area contributed by atoms with Gasteiger partial charge in [-0.2, -0.15) is 0 Å².